The van der Waals surface area contributed by atoms with Crippen LogP contribution in [0.5, 0.6) is 0 Å². The first-order valence-corrected chi connectivity index (χ1v) is 5.87. The molecular formula is C4H9NO5S2. The smallest absolute Gasteiger partial charge is 0.320 e. The van der Waals surface area contributed by atoms with Crippen LogP contribution in [-0.2, 0) is 13.9 Å². The fourth-order valence-corrected chi connectivity index (χ4v) is 1.89. The first-order valence-electron chi connectivity index (χ1n) is 2.93. The summed E-state index contributed by atoms with van der Waals surface area (Å²) in [4.78, 5) is 10.1. The van der Waals surface area contributed by atoms with Crippen LogP contribution in [0.15, 0.2) is 0 Å². The van der Waals surface area contributed by atoms with Gasteiger partial charge in [0.15, 0.2) is 0 Å². The number of carbonyl (C=O) groups is 1. The Morgan fingerprint density at radius 1 is 1.58 bits per heavy atom. The summed E-state index contributed by atoms with van der Waals surface area (Å²) in [5.41, 5.74) is 5.06. The molecule has 0 aromatic carbocycles. The molecule has 0 radical (unpaired) electrons. The van der Waals surface area contributed by atoms with Gasteiger partial charge in [0.2, 0.25) is 0 Å². The first-order chi connectivity index (χ1) is 5.33. The second-order valence-electron chi connectivity index (χ2n) is 1.98. The third-order valence-corrected chi connectivity index (χ3v) is 3.07. The van der Waals surface area contributed by atoms with Crippen LogP contribution in [0.4, 0.5) is 0 Å². The van der Waals surface area contributed by atoms with E-state index in [1.807, 2.05) is 0 Å². The van der Waals surface area contributed by atoms with Crippen molar-refractivity contribution in [2.24, 2.45) is 5.73 Å². The Hall–Kier alpha value is -0.310. The van der Waals surface area contributed by atoms with E-state index in [0.29, 0.717) is 0 Å². The average Bonchev–Trinajstić information content (AvgIpc) is 1.84. The number of rotatable bonds is 5. The minimum absolute atomic E-state index is 0.000208. The van der Waals surface area contributed by atoms with Crippen molar-refractivity contribution in [2.45, 2.75) is 12.5 Å². The fourth-order valence-electron chi connectivity index (χ4n) is 0.404. The molecule has 0 aliphatic rings. The van der Waals surface area contributed by atoms with Crippen LogP contribution in [0.1, 0.15) is 6.42 Å². The van der Waals surface area contributed by atoms with Crippen molar-refractivity contribution in [1.29, 1.82) is 0 Å². The Labute approximate surface area is 73.3 Å². The van der Waals surface area contributed by atoms with E-state index in [1.165, 1.54) is 0 Å². The predicted molar refractivity (Wildman–Crippen MR) is 44.2 cm³/mol. The molecule has 72 valence electrons. The third-order valence-electron chi connectivity index (χ3n) is 0.978. The van der Waals surface area contributed by atoms with Gasteiger partial charge >= 0.3 is 15.1 Å². The summed E-state index contributed by atoms with van der Waals surface area (Å²) in [6, 6.07) is -1.08. The number of hydrogen-bond donors (Lipinski definition) is 3. The molecule has 0 unspecified atom stereocenters. The van der Waals surface area contributed by atoms with Crippen LogP contribution in [0, 0.1) is 0 Å². The van der Waals surface area contributed by atoms with Gasteiger partial charge in [0, 0.05) is 5.75 Å². The lowest BCUT2D eigenvalue weighted by atomic mass is 10.2. The largest absolute Gasteiger partial charge is 0.480 e. The lowest BCUT2D eigenvalue weighted by molar-refractivity contribution is -0.138. The van der Waals surface area contributed by atoms with Crippen molar-refractivity contribution < 1.29 is 22.9 Å². The number of carboxylic acids is 1. The summed E-state index contributed by atoms with van der Waals surface area (Å²) >= 11 is 0. The number of hydrogen-bond acceptors (Lipinski definition) is 5. The van der Waals surface area contributed by atoms with E-state index in [0.717, 1.165) is 0 Å². The Kier molecular flexibility index (Phi) is 4.53. The van der Waals surface area contributed by atoms with Gasteiger partial charge in [-0.1, -0.05) is 0 Å². The quantitative estimate of drug-likeness (QED) is 0.411. The molecule has 12 heavy (non-hydrogen) atoms. The van der Waals surface area contributed by atoms with Crippen LogP contribution >= 0.6 is 10.8 Å². The number of nitrogens with two attached hydrogens (primary N) is 1. The number of aliphatic carboxylic acids is 1. The maximum Gasteiger partial charge on any atom is 0.320 e. The molecule has 0 amide bonds. The zero-order chi connectivity index (χ0) is 9.78. The van der Waals surface area contributed by atoms with E-state index in [-0.39, 0.29) is 23.0 Å². The Morgan fingerprint density at radius 3 is 2.42 bits per heavy atom. The normalized spacial score (nSPS) is 14.2. The zero-order valence-electron chi connectivity index (χ0n) is 6.00. The van der Waals surface area contributed by atoms with Crippen molar-refractivity contribution in [1.82, 2.24) is 0 Å². The molecule has 0 saturated carbocycles. The van der Waals surface area contributed by atoms with Crippen molar-refractivity contribution in [3.05, 3.63) is 0 Å². The summed E-state index contributed by atoms with van der Waals surface area (Å²) in [5.74, 6) is -1.22. The van der Waals surface area contributed by atoms with Gasteiger partial charge in [-0.05, 0) is 17.2 Å². The monoisotopic (exact) mass is 215 g/mol. The molecule has 1 atom stereocenters. The van der Waals surface area contributed by atoms with Crippen molar-refractivity contribution >= 4 is 25.9 Å². The van der Waals surface area contributed by atoms with Gasteiger partial charge in [0.25, 0.3) is 0 Å². The van der Waals surface area contributed by atoms with Crippen molar-refractivity contribution in [2.75, 3.05) is 5.75 Å². The molecule has 0 aliphatic carbocycles. The highest BCUT2D eigenvalue weighted by atomic mass is 33.1. The highest BCUT2D eigenvalue weighted by Gasteiger charge is 2.13. The molecule has 0 aliphatic heterocycles. The molecule has 0 rings (SSSR count). The lowest BCUT2D eigenvalue weighted by Crippen LogP contribution is -2.30. The molecule has 0 bridgehead atoms. The minimum atomic E-state index is -4.08. The van der Waals surface area contributed by atoms with E-state index >= 15 is 0 Å². The summed E-state index contributed by atoms with van der Waals surface area (Å²) in [7, 11) is -3.81. The van der Waals surface area contributed by atoms with E-state index in [1.54, 1.807) is 0 Å². The maximum atomic E-state index is 10.1. The topological polar surface area (TPSA) is 118 Å². The lowest BCUT2D eigenvalue weighted by Gasteiger charge is -2.03. The average molecular weight is 215 g/mol. The van der Waals surface area contributed by atoms with Gasteiger partial charge in [-0.3, -0.25) is 9.35 Å². The standard InChI is InChI=1S/C4H9NO5S2/c5-3(4(6)7)1-2-11-12(8,9)10/h3H,1-2,5H2,(H,6,7)(H,8,9,10)/t3-/m1/s1. The Balaban J connectivity index is 3.65. The summed E-state index contributed by atoms with van der Waals surface area (Å²) in [5, 5.41) is 8.27. The SMILES string of the molecule is N[C@H](CCSS(=O)(=O)O)C(=O)O. The van der Waals surface area contributed by atoms with E-state index in [2.05, 4.69) is 0 Å². The van der Waals surface area contributed by atoms with Gasteiger partial charge in [0.1, 0.15) is 6.04 Å². The molecular weight excluding hydrogens is 206 g/mol. The Morgan fingerprint density at radius 2 is 2.08 bits per heavy atom. The first kappa shape index (κ1) is 11.7. The van der Waals surface area contributed by atoms with Crippen LogP contribution < -0.4 is 5.73 Å². The zero-order valence-corrected chi connectivity index (χ0v) is 7.64. The molecule has 0 fully saturated rings. The predicted octanol–water partition coefficient (Wildman–Crippen LogP) is -0.676. The molecule has 4 N–H and O–H groups in total. The van der Waals surface area contributed by atoms with Crippen LogP contribution in [0.25, 0.3) is 0 Å². The Bertz CT molecular complexity index is 248. The molecule has 0 heterocycles. The molecule has 0 aromatic heterocycles. The summed E-state index contributed by atoms with van der Waals surface area (Å²) in [6.45, 7) is 0. The number of carboxylic acid groups (broad SMARTS) is 1. The third kappa shape index (κ3) is 6.40. The van der Waals surface area contributed by atoms with E-state index in [4.69, 9.17) is 15.4 Å². The maximum absolute atomic E-state index is 10.1. The second kappa shape index (κ2) is 4.65. The second-order valence-corrected chi connectivity index (χ2v) is 5.45. The summed E-state index contributed by atoms with van der Waals surface area (Å²) < 4.78 is 28.4. The fraction of sp³-hybridized carbons (Fsp3) is 0.750. The summed E-state index contributed by atoms with van der Waals surface area (Å²) in [6.07, 6.45) is -0.000208. The molecule has 6 nitrogen and oxygen atoms in total. The molecule has 0 saturated heterocycles. The van der Waals surface area contributed by atoms with Crippen LogP contribution in [0.2, 0.25) is 0 Å². The molecule has 0 spiro atoms. The van der Waals surface area contributed by atoms with Crippen molar-refractivity contribution in [3.63, 3.8) is 0 Å². The van der Waals surface area contributed by atoms with Gasteiger partial charge in [-0.2, -0.15) is 8.42 Å². The van der Waals surface area contributed by atoms with Gasteiger partial charge < -0.3 is 10.8 Å². The van der Waals surface area contributed by atoms with Crippen LogP contribution in [-0.4, -0.2) is 35.8 Å². The molecule has 8 heteroatoms. The van der Waals surface area contributed by atoms with Gasteiger partial charge in [0.05, 0.1) is 0 Å². The van der Waals surface area contributed by atoms with E-state index in [9.17, 15) is 13.2 Å². The highest BCUT2D eigenvalue weighted by molar-refractivity contribution is 8.69. The van der Waals surface area contributed by atoms with Crippen molar-refractivity contribution in [3.8, 4) is 0 Å². The van der Waals surface area contributed by atoms with Gasteiger partial charge in [-0.25, -0.2) is 0 Å². The van der Waals surface area contributed by atoms with Crippen LogP contribution in [0.3, 0.4) is 0 Å². The van der Waals surface area contributed by atoms with E-state index < -0.39 is 21.2 Å². The van der Waals surface area contributed by atoms with Gasteiger partial charge in [-0.15, -0.1) is 0 Å². The minimum Gasteiger partial charge on any atom is -0.480 e. The highest BCUT2D eigenvalue weighted by Crippen LogP contribution is 2.10. The molecule has 0 aromatic rings.